The summed E-state index contributed by atoms with van der Waals surface area (Å²) in [5.41, 5.74) is 2.34. The smallest absolute Gasteiger partial charge is 0.263 e. The van der Waals surface area contributed by atoms with E-state index in [0.29, 0.717) is 23.5 Å². The van der Waals surface area contributed by atoms with Crippen molar-refractivity contribution in [2.75, 3.05) is 11.3 Å². The molecule has 0 fully saturated rings. The molecule has 3 aromatic rings. The normalized spacial score (nSPS) is 11.6. The molecule has 0 saturated carbocycles. The van der Waals surface area contributed by atoms with Crippen molar-refractivity contribution < 1.29 is 13.2 Å². The molecule has 2 aromatic carbocycles. The molecule has 0 saturated heterocycles. The highest BCUT2D eigenvalue weighted by Crippen LogP contribution is 2.31. The Hall–Kier alpha value is -2.60. The summed E-state index contributed by atoms with van der Waals surface area (Å²) in [6.45, 7) is 8.36. The molecule has 0 unspecified atom stereocenters. The summed E-state index contributed by atoms with van der Waals surface area (Å²) in [6.07, 6.45) is 2.01. The molecule has 0 amide bonds. The molecule has 0 aliphatic carbocycles. The van der Waals surface area contributed by atoms with Crippen LogP contribution in [-0.2, 0) is 10.0 Å². The van der Waals surface area contributed by atoms with Crippen molar-refractivity contribution in [3.05, 3.63) is 59.3 Å². The Morgan fingerprint density at radius 3 is 2.46 bits per heavy atom. The highest BCUT2D eigenvalue weighted by atomic mass is 32.2. The van der Waals surface area contributed by atoms with E-state index in [-0.39, 0.29) is 4.90 Å². The largest absolute Gasteiger partial charge is 0.491 e. The Labute approximate surface area is 166 Å². The number of benzene rings is 2. The highest BCUT2D eigenvalue weighted by Gasteiger charge is 2.21. The highest BCUT2D eigenvalue weighted by molar-refractivity contribution is 7.93. The average Bonchev–Trinajstić information content (AvgIpc) is 2.68. The van der Waals surface area contributed by atoms with Crippen LogP contribution in [0.15, 0.2) is 47.4 Å². The molecule has 1 heterocycles. The zero-order chi connectivity index (χ0) is 20.3. The van der Waals surface area contributed by atoms with E-state index in [2.05, 4.69) is 16.6 Å². The van der Waals surface area contributed by atoms with E-state index in [1.165, 1.54) is 0 Å². The SMILES string of the molecule is CCCCOc1c(C)nc(NS(=O)(=O)c2cccc3ccccc23)c(C)c1C. The summed E-state index contributed by atoms with van der Waals surface area (Å²) >= 11 is 0. The van der Waals surface area contributed by atoms with Gasteiger partial charge in [-0.05, 0) is 49.8 Å². The third-order valence-corrected chi connectivity index (χ3v) is 6.28. The van der Waals surface area contributed by atoms with Crippen molar-refractivity contribution in [3.8, 4) is 5.75 Å². The van der Waals surface area contributed by atoms with Crippen LogP contribution < -0.4 is 9.46 Å². The van der Waals surface area contributed by atoms with Gasteiger partial charge in [0.1, 0.15) is 11.6 Å². The fourth-order valence-electron chi connectivity index (χ4n) is 3.16. The molecule has 0 aliphatic heterocycles. The van der Waals surface area contributed by atoms with Crippen LogP contribution in [0.5, 0.6) is 5.75 Å². The first-order chi connectivity index (χ1) is 13.3. The minimum absolute atomic E-state index is 0.241. The third kappa shape index (κ3) is 3.97. The molecule has 0 atom stereocenters. The molecular formula is C22H26N2O3S. The van der Waals surface area contributed by atoms with Gasteiger partial charge in [-0.25, -0.2) is 13.4 Å². The van der Waals surface area contributed by atoms with Crippen LogP contribution in [-0.4, -0.2) is 20.0 Å². The first kappa shape index (κ1) is 20.1. The fourth-order valence-corrected chi connectivity index (χ4v) is 4.46. The Kier molecular flexibility index (Phi) is 5.89. The molecule has 0 radical (unpaired) electrons. The Morgan fingerprint density at radius 1 is 1.00 bits per heavy atom. The standard InChI is InChI=1S/C22H26N2O3S/c1-5-6-14-27-21-15(2)16(3)22(23-17(21)4)24-28(25,26)20-13-9-11-18-10-7-8-12-19(18)20/h7-13H,5-6,14H2,1-4H3,(H,23,24). The summed E-state index contributed by atoms with van der Waals surface area (Å²) in [4.78, 5) is 4.73. The number of sulfonamides is 1. The summed E-state index contributed by atoms with van der Waals surface area (Å²) in [5.74, 6) is 1.07. The van der Waals surface area contributed by atoms with Crippen LogP contribution in [0.3, 0.4) is 0 Å². The van der Waals surface area contributed by atoms with Crippen molar-refractivity contribution in [1.29, 1.82) is 0 Å². The number of hydrogen-bond acceptors (Lipinski definition) is 4. The minimum Gasteiger partial charge on any atom is -0.491 e. The monoisotopic (exact) mass is 398 g/mol. The molecule has 5 nitrogen and oxygen atoms in total. The maximum absolute atomic E-state index is 13.1. The van der Waals surface area contributed by atoms with Crippen molar-refractivity contribution >= 4 is 26.6 Å². The number of aryl methyl sites for hydroxylation is 1. The van der Waals surface area contributed by atoms with Crippen LogP contribution in [0, 0.1) is 20.8 Å². The van der Waals surface area contributed by atoms with E-state index in [0.717, 1.165) is 35.1 Å². The zero-order valence-corrected chi connectivity index (χ0v) is 17.6. The van der Waals surface area contributed by atoms with Gasteiger partial charge in [0.15, 0.2) is 0 Å². The van der Waals surface area contributed by atoms with Crippen LogP contribution in [0.25, 0.3) is 10.8 Å². The molecule has 3 rings (SSSR count). The Morgan fingerprint density at radius 2 is 1.71 bits per heavy atom. The van der Waals surface area contributed by atoms with Crippen LogP contribution in [0.2, 0.25) is 0 Å². The van der Waals surface area contributed by atoms with Gasteiger partial charge in [-0.15, -0.1) is 0 Å². The number of pyridine rings is 1. The summed E-state index contributed by atoms with van der Waals surface area (Å²) in [5, 5.41) is 1.56. The zero-order valence-electron chi connectivity index (χ0n) is 16.7. The summed E-state index contributed by atoms with van der Waals surface area (Å²) in [6, 6.07) is 12.7. The number of unbranched alkanes of at least 4 members (excludes halogenated alkanes) is 1. The average molecular weight is 399 g/mol. The van der Waals surface area contributed by atoms with E-state index in [1.807, 2.05) is 51.1 Å². The number of aromatic nitrogens is 1. The Bertz CT molecular complexity index is 1100. The second kappa shape index (κ2) is 8.19. The predicted molar refractivity (Wildman–Crippen MR) is 114 cm³/mol. The topological polar surface area (TPSA) is 68.3 Å². The van der Waals surface area contributed by atoms with Crippen LogP contribution in [0.1, 0.15) is 36.6 Å². The van der Waals surface area contributed by atoms with Crippen LogP contribution >= 0.6 is 0 Å². The molecular weight excluding hydrogens is 372 g/mol. The van der Waals surface area contributed by atoms with E-state index in [9.17, 15) is 8.42 Å². The van der Waals surface area contributed by atoms with Gasteiger partial charge in [0.05, 0.1) is 17.2 Å². The molecule has 6 heteroatoms. The third-order valence-electron chi connectivity index (χ3n) is 4.88. The number of rotatable bonds is 7. The number of nitrogens with one attached hydrogen (secondary N) is 1. The van der Waals surface area contributed by atoms with Gasteiger partial charge in [0.25, 0.3) is 10.0 Å². The van der Waals surface area contributed by atoms with E-state index < -0.39 is 10.0 Å². The quantitative estimate of drug-likeness (QED) is 0.560. The van der Waals surface area contributed by atoms with Gasteiger partial charge >= 0.3 is 0 Å². The summed E-state index contributed by atoms with van der Waals surface area (Å²) < 4.78 is 34.8. The maximum Gasteiger partial charge on any atom is 0.263 e. The first-order valence-electron chi connectivity index (χ1n) is 9.46. The summed E-state index contributed by atoms with van der Waals surface area (Å²) in [7, 11) is -3.78. The van der Waals surface area contributed by atoms with E-state index in [4.69, 9.17) is 4.74 Å². The molecule has 1 N–H and O–H groups in total. The minimum atomic E-state index is -3.78. The second-order valence-electron chi connectivity index (χ2n) is 6.91. The number of hydrogen-bond donors (Lipinski definition) is 1. The van der Waals surface area contributed by atoms with Crippen molar-refractivity contribution in [2.45, 2.75) is 45.4 Å². The first-order valence-corrected chi connectivity index (χ1v) is 10.9. The van der Waals surface area contributed by atoms with Gasteiger partial charge < -0.3 is 4.74 Å². The number of ether oxygens (including phenoxy) is 1. The molecule has 148 valence electrons. The van der Waals surface area contributed by atoms with E-state index in [1.54, 1.807) is 12.1 Å². The lowest BCUT2D eigenvalue weighted by Gasteiger charge is -2.18. The number of nitrogens with zero attached hydrogens (tertiary/aromatic N) is 1. The lowest BCUT2D eigenvalue weighted by Crippen LogP contribution is -2.16. The second-order valence-corrected chi connectivity index (χ2v) is 8.56. The Balaban J connectivity index is 1.98. The number of fused-ring (bicyclic) bond motifs is 1. The lowest BCUT2D eigenvalue weighted by molar-refractivity contribution is 0.303. The van der Waals surface area contributed by atoms with Crippen molar-refractivity contribution in [2.24, 2.45) is 0 Å². The van der Waals surface area contributed by atoms with Crippen LogP contribution in [0.4, 0.5) is 5.82 Å². The van der Waals surface area contributed by atoms with Gasteiger partial charge in [-0.3, -0.25) is 4.72 Å². The maximum atomic E-state index is 13.1. The molecule has 0 spiro atoms. The molecule has 0 aliphatic rings. The van der Waals surface area contributed by atoms with Crippen molar-refractivity contribution in [1.82, 2.24) is 4.98 Å². The van der Waals surface area contributed by atoms with Gasteiger partial charge in [-0.1, -0.05) is 49.7 Å². The number of anilines is 1. The molecule has 28 heavy (non-hydrogen) atoms. The lowest BCUT2D eigenvalue weighted by atomic mass is 10.1. The van der Waals surface area contributed by atoms with Gasteiger partial charge in [0, 0.05) is 5.39 Å². The van der Waals surface area contributed by atoms with E-state index >= 15 is 0 Å². The molecule has 0 bridgehead atoms. The van der Waals surface area contributed by atoms with Gasteiger partial charge in [-0.2, -0.15) is 0 Å². The predicted octanol–water partition coefficient (Wildman–Crippen LogP) is 5.14. The van der Waals surface area contributed by atoms with Crippen molar-refractivity contribution in [3.63, 3.8) is 0 Å². The van der Waals surface area contributed by atoms with Gasteiger partial charge in [0.2, 0.25) is 0 Å². The fraction of sp³-hybridized carbons (Fsp3) is 0.318. The molecule has 1 aromatic heterocycles.